The number of hydrogen-bond acceptors (Lipinski definition) is 4. The third kappa shape index (κ3) is 5.33. The summed E-state index contributed by atoms with van der Waals surface area (Å²) in [6, 6.07) is 12.5. The summed E-state index contributed by atoms with van der Waals surface area (Å²) in [6.07, 6.45) is 5.60. The highest BCUT2D eigenvalue weighted by Crippen LogP contribution is 2.31. The lowest BCUT2D eigenvalue weighted by Crippen LogP contribution is -2.53. The molecule has 0 radical (unpaired) electrons. The van der Waals surface area contributed by atoms with Crippen LogP contribution in [0.4, 0.5) is 5.69 Å². The van der Waals surface area contributed by atoms with Gasteiger partial charge in [0.05, 0.1) is 10.6 Å². The van der Waals surface area contributed by atoms with Crippen LogP contribution in [-0.4, -0.2) is 45.4 Å². The topological polar surface area (TPSA) is 78.5 Å². The molecule has 6 nitrogen and oxygen atoms in total. The summed E-state index contributed by atoms with van der Waals surface area (Å²) in [4.78, 5) is 15.0. The van der Waals surface area contributed by atoms with Gasteiger partial charge in [0.1, 0.15) is 0 Å². The van der Waals surface area contributed by atoms with Gasteiger partial charge >= 0.3 is 0 Å². The Hall–Kier alpha value is -2.09. The number of nitrogens with zero attached hydrogens (tertiary/aromatic N) is 1. The van der Waals surface area contributed by atoms with E-state index in [1.807, 2.05) is 14.1 Å². The summed E-state index contributed by atoms with van der Waals surface area (Å²) in [5.74, 6) is -0.276. The van der Waals surface area contributed by atoms with Gasteiger partial charge in [0.2, 0.25) is 0 Å². The van der Waals surface area contributed by atoms with Gasteiger partial charge in [-0.1, -0.05) is 43.0 Å². The minimum Gasteiger partial charge on any atom is -0.350 e. The Bertz CT molecular complexity index is 1000. The van der Waals surface area contributed by atoms with Crippen molar-refractivity contribution >= 4 is 33.2 Å². The molecule has 0 saturated heterocycles. The van der Waals surface area contributed by atoms with E-state index in [0.29, 0.717) is 22.8 Å². The van der Waals surface area contributed by atoms with Crippen LogP contribution < -0.4 is 10.0 Å². The van der Waals surface area contributed by atoms with Gasteiger partial charge in [-0.25, -0.2) is 8.42 Å². The first-order valence-electron chi connectivity index (χ1n) is 10.1. The number of sulfonamides is 1. The number of halogens is 1. The van der Waals surface area contributed by atoms with E-state index < -0.39 is 10.0 Å². The first kappa shape index (κ1) is 22.6. The molecular formula is C22H28ClN3O3S. The summed E-state index contributed by atoms with van der Waals surface area (Å²) in [6.45, 7) is 0.538. The molecule has 1 fully saturated rings. The van der Waals surface area contributed by atoms with Crippen molar-refractivity contribution in [3.8, 4) is 0 Å². The Morgan fingerprint density at radius 1 is 1.07 bits per heavy atom. The predicted octanol–water partition coefficient (Wildman–Crippen LogP) is 4.14. The van der Waals surface area contributed by atoms with Crippen molar-refractivity contribution in [1.82, 2.24) is 10.2 Å². The molecule has 0 aromatic heterocycles. The number of carbonyl (C=O) groups is 1. The Morgan fingerprint density at radius 3 is 2.43 bits per heavy atom. The Balaban J connectivity index is 1.73. The fourth-order valence-electron chi connectivity index (χ4n) is 3.91. The van der Waals surface area contributed by atoms with E-state index in [-0.39, 0.29) is 16.3 Å². The van der Waals surface area contributed by atoms with Crippen LogP contribution in [0.25, 0.3) is 0 Å². The fraction of sp³-hybridized carbons (Fsp3) is 0.409. The van der Waals surface area contributed by atoms with Gasteiger partial charge in [-0.15, -0.1) is 0 Å². The second-order valence-electron chi connectivity index (χ2n) is 8.01. The molecule has 162 valence electrons. The number of amides is 1. The van der Waals surface area contributed by atoms with Crippen molar-refractivity contribution in [2.75, 3.05) is 25.4 Å². The van der Waals surface area contributed by atoms with Crippen LogP contribution >= 0.6 is 11.6 Å². The zero-order valence-electron chi connectivity index (χ0n) is 17.3. The van der Waals surface area contributed by atoms with E-state index in [1.54, 1.807) is 30.3 Å². The van der Waals surface area contributed by atoms with Gasteiger partial charge < -0.3 is 10.2 Å². The lowest BCUT2D eigenvalue weighted by molar-refractivity contribution is 0.0799. The molecule has 0 atom stereocenters. The first-order valence-corrected chi connectivity index (χ1v) is 11.9. The number of anilines is 1. The standard InChI is InChI=1S/C22H28ClN3O3S/c1-26(2)22(12-4-3-5-13-22)16-24-21(27)17-8-6-11-20(14-17)30(28,29)25-19-10-7-9-18(23)15-19/h6-11,14-15,25H,3-5,12-13,16H2,1-2H3,(H,24,27). The first-order chi connectivity index (χ1) is 14.2. The van der Waals surface area contributed by atoms with Crippen LogP contribution in [0.1, 0.15) is 42.5 Å². The molecule has 2 N–H and O–H groups in total. The highest BCUT2D eigenvalue weighted by molar-refractivity contribution is 7.92. The second-order valence-corrected chi connectivity index (χ2v) is 10.1. The van der Waals surface area contributed by atoms with Crippen molar-refractivity contribution in [1.29, 1.82) is 0 Å². The molecule has 8 heteroatoms. The third-order valence-corrected chi connectivity index (χ3v) is 7.41. The molecule has 1 aliphatic rings. The molecule has 0 spiro atoms. The van der Waals surface area contributed by atoms with Gasteiger partial charge in [-0.2, -0.15) is 0 Å². The summed E-state index contributed by atoms with van der Waals surface area (Å²) < 4.78 is 28.0. The van der Waals surface area contributed by atoms with Crippen molar-refractivity contribution < 1.29 is 13.2 Å². The fourth-order valence-corrected chi connectivity index (χ4v) is 5.19. The summed E-state index contributed by atoms with van der Waals surface area (Å²) in [7, 11) is 0.252. The molecule has 1 aliphatic carbocycles. The Morgan fingerprint density at radius 2 is 1.77 bits per heavy atom. The zero-order chi connectivity index (χ0) is 21.8. The minimum absolute atomic E-state index is 0.0233. The maximum absolute atomic E-state index is 12.8. The number of rotatable bonds is 7. The van der Waals surface area contributed by atoms with E-state index in [4.69, 9.17) is 11.6 Å². The van der Waals surface area contributed by atoms with Crippen LogP contribution in [0.15, 0.2) is 53.4 Å². The van der Waals surface area contributed by atoms with Crippen molar-refractivity contribution in [2.45, 2.75) is 42.5 Å². The Kier molecular flexibility index (Phi) is 7.06. The number of benzene rings is 2. The second kappa shape index (κ2) is 9.37. The van der Waals surface area contributed by atoms with Gasteiger partial charge in [-0.3, -0.25) is 9.52 Å². The SMILES string of the molecule is CN(C)C1(CNC(=O)c2cccc(S(=O)(=O)Nc3cccc(Cl)c3)c2)CCCCC1. The molecule has 0 aliphatic heterocycles. The third-order valence-electron chi connectivity index (χ3n) is 5.79. The van der Waals surface area contributed by atoms with Crippen LogP contribution in [0.5, 0.6) is 0 Å². The molecule has 0 bridgehead atoms. The average molecular weight is 450 g/mol. The van der Waals surface area contributed by atoms with Crippen molar-refractivity contribution in [2.24, 2.45) is 0 Å². The van der Waals surface area contributed by atoms with Crippen LogP contribution in [0.3, 0.4) is 0 Å². The monoisotopic (exact) mass is 449 g/mol. The van der Waals surface area contributed by atoms with Crippen LogP contribution in [0, 0.1) is 0 Å². The number of nitrogens with one attached hydrogen (secondary N) is 2. The van der Waals surface area contributed by atoms with E-state index >= 15 is 0 Å². The minimum atomic E-state index is -3.84. The number of hydrogen-bond donors (Lipinski definition) is 2. The van der Waals surface area contributed by atoms with E-state index in [0.717, 1.165) is 25.7 Å². The molecule has 0 unspecified atom stereocenters. The number of likely N-dealkylation sites (N-methyl/N-ethyl adjacent to an activating group) is 1. The highest BCUT2D eigenvalue weighted by atomic mass is 35.5. The average Bonchev–Trinajstić information content (AvgIpc) is 2.72. The van der Waals surface area contributed by atoms with Crippen molar-refractivity contribution in [3.63, 3.8) is 0 Å². The zero-order valence-corrected chi connectivity index (χ0v) is 18.9. The molecule has 2 aromatic carbocycles. The molecule has 1 amide bonds. The van der Waals surface area contributed by atoms with Gasteiger partial charge in [-0.05, 0) is 63.3 Å². The Labute approximate surface area is 183 Å². The molecule has 0 heterocycles. The van der Waals surface area contributed by atoms with Crippen LogP contribution in [-0.2, 0) is 10.0 Å². The quantitative estimate of drug-likeness (QED) is 0.666. The van der Waals surface area contributed by atoms with E-state index in [2.05, 4.69) is 14.9 Å². The molecule has 3 rings (SSSR count). The normalized spacial score (nSPS) is 16.3. The van der Waals surface area contributed by atoms with Crippen molar-refractivity contribution in [3.05, 3.63) is 59.1 Å². The molecule has 2 aromatic rings. The molecule has 30 heavy (non-hydrogen) atoms. The summed E-state index contributed by atoms with van der Waals surface area (Å²) in [5, 5.41) is 3.44. The summed E-state index contributed by atoms with van der Waals surface area (Å²) in [5.41, 5.74) is 0.627. The van der Waals surface area contributed by atoms with Gasteiger partial charge in [0.15, 0.2) is 0 Å². The highest BCUT2D eigenvalue weighted by Gasteiger charge is 2.34. The van der Waals surface area contributed by atoms with Gasteiger partial charge in [0, 0.05) is 22.7 Å². The molecular weight excluding hydrogens is 422 g/mol. The van der Waals surface area contributed by atoms with E-state index in [1.165, 1.54) is 24.6 Å². The number of carbonyl (C=O) groups excluding carboxylic acids is 1. The maximum atomic E-state index is 12.8. The van der Waals surface area contributed by atoms with E-state index in [9.17, 15) is 13.2 Å². The van der Waals surface area contributed by atoms with Gasteiger partial charge in [0.25, 0.3) is 15.9 Å². The smallest absolute Gasteiger partial charge is 0.261 e. The summed E-state index contributed by atoms with van der Waals surface area (Å²) >= 11 is 5.93. The largest absolute Gasteiger partial charge is 0.350 e. The molecule has 1 saturated carbocycles. The lowest BCUT2D eigenvalue weighted by Gasteiger charge is -2.43. The maximum Gasteiger partial charge on any atom is 0.261 e. The predicted molar refractivity (Wildman–Crippen MR) is 121 cm³/mol. The van der Waals surface area contributed by atoms with Crippen LogP contribution in [0.2, 0.25) is 5.02 Å². The lowest BCUT2D eigenvalue weighted by atomic mass is 9.80.